The molecule has 2 aromatic rings. The van der Waals surface area contributed by atoms with Crippen LogP contribution in [0.4, 0.5) is 0 Å². The maximum Gasteiger partial charge on any atom is 0.209 e. The lowest BCUT2D eigenvalue weighted by molar-refractivity contribution is -0.119. The molecule has 1 fully saturated rings. The number of aromatic nitrogens is 2. The maximum atomic E-state index is 10.7. The van der Waals surface area contributed by atoms with E-state index in [0.29, 0.717) is 0 Å². The lowest BCUT2D eigenvalue weighted by Crippen LogP contribution is -2.46. The molecule has 0 spiro atoms. The van der Waals surface area contributed by atoms with Gasteiger partial charge in [0.25, 0.3) is 0 Å². The topological polar surface area (TPSA) is 40.9 Å². The number of carbonyl (C=O) groups is 1. The number of piperazine rings is 1. The van der Waals surface area contributed by atoms with Gasteiger partial charge in [-0.05, 0) is 28.1 Å². The fourth-order valence-corrected chi connectivity index (χ4v) is 3.12. The molecular formula is C14H17BrN4O. The minimum Gasteiger partial charge on any atom is -0.343 e. The number of amides is 1. The van der Waals surface area contributed by atoms with E-state index in [-0.39, 0.29) is 0 Å². The lowest BCUT2D eigenvalue weighted by Gasteiger charge is -2.32. The van der Waals surface area contributed by atoms with Crippen LogP contribution in [0, 0.1) is 0 Å². The van der Waals surface area contributed by atoms with Crippen molar-refractivity contribution in [2.75, 3.05) is 32.7 Å². The van der Waals surface area contributed by atoms with Crippen molar-refractivity contribution in [1.82, 2.24) is 19.2 Å². The summed E-state index contributed by atoms with van der Waals surface area (Å²) in [6, 6.07) is 6.10. The molecule has 1 aliphatic rings. The molecule has 1 amide bonds. The van der Waals surface area contributed by atoms with Gasteiger partial charge in [0.15, 0.2) is 0 Å². The van der Waals surface area contributed by atoms with Crippen molar-refractivity contribution in [2.24, 2.45) is 0 Å². The van der Waals surface area contributed by atoms with E-state index in [0.717, 1.165) is 61.5 Å². The van der Waals surface area contributed by atoms with E-state index in [1.807, 2.05) is 23.2 Å². The summed E-state index contributed by atoms with van der Waals surface area (Å²) in [6.45, 7) is 4.53. The van der Waals surface area contributed by atoms with Crippen LogP contribution in [-0.4, -0.2) is 58.3 Å². The molecule has 0 bridgehead atoms. The number of hydrogen-bond donors (Lipinski definition) is 0. The molecule has 6 heteroatoms. The van der Waals surface area contributed by atoms with Gasteiger partial charge in [0, 0.05) is 45.3 Å². The number of imidazole rings is 1. The largest absolute Gasteiger partial charge is 0.343 e. The zero-order valence-electron chi connectivity index (χ0n) is 11.2. The van der Waals surface area contributed by atoms with E-state index in [1.54, 1.807) is 0 Å². The van der Waals surface area contributed by atoms with Crippen molar-refractivity contribution in [3.8, 4) is 0 Å². The fraction of sp³-hybridized carbons (Fsp3) is 0.429. The van der Waals surface area contributed by atoms with Gasteiger partial charge >= 0.3 is 0 Å². The molecule has 5 nitrogen and oxygen atoms in total. The highest BCUT2D eigenvalue weighted by molar-refractivity contribution is 9.10. The van der Waals surface area contributed by atoms with Crippen LogP contribution in [0.3, 0.4) is 0 Å². The third kappa shape index (κ3) is 2.71. The van der Waals surface area contributed by atoms with E-state index in [9.17, 15) is 4.79 Å². The van der Waals surface area contributed by atoms with Gasteiger partial charge in [-0.2, -0.15) is 0 Å². The van der Waals surface area contributed by atoms with Crippen molar-refractivity contribution < 1.29 is 4.79 Å². The molecule has 2 aromatic heterocycles. The summed E-state index contributed by atoms with van der Waals surface area (Å²) in [4.78, 5) is 19.5. The van der Waals surface area contributed by atoms with Crippen molar-refractivity contribution in [2.45, 2.75) is 6.42 Å². The first-order valence-electron chi connectivity index (χ1n) is 6.81. The number of nitrogens with zero attached hydrogens (tertiary/aromatic N) is 4. The molecule has 0 radical (unpaired) electrons. The second-order valence-electron chi connectivity index (χ2n) is 5.01. The van der Waals surface area contributed by atoms with Gasteiger partial charge in [-0.1, -0.05) is 6.07 Å². The van der Waals surface area contributed by atoms with Crippen LogP contribution in [0.5, 0.6) is 0 Å². The molecule has 1 saturated heterocycles. The number of halogens is 1. The minimum absolute atomic E-state index is 0.829. The van der Waals surface area contributed by atoms with E-state index >= 15 is 0 Å². The predicted octanol–water partition coefficient (Wildman–Crippen LogP) is 1.41. The second kappa shape index (κ2) is 5.93. The molecule has 1 aliphatic heterocycles. The van der Waals surface area contributed by atoms with Crippen LogP contribution in [0.25, 0.3) is 5.52 Å². The Morgan fingerprint density at radius 1 is 1.25 bits per heavy atom. The Morgan fingerprint density at radius 3 is 2.80 bits per heavy atom. The molecule has 0 atom stereocenters. The normalized spacial score (nSPS) is 16.8. The Bertz CT molecular complexity index is 604. The molecule has 3 heterocycles. The van der Waals surface area contributed by atoms with Gasteiger partial charge in [-0.25, -0.2) is 4.98 Å². The molecule has 0 unspecified atom stereocenters. The summed E-state index contributed by atoms with van der Waals surface area (Å²) in [7, 11) is 0. The molecule has 106 valence electrons. The number of carbonyl (C=O) groups excluding carboxylic acids is 1. The number of fused-ring (bicyclic) bond motifs is 1. The van der Waals surface area contributed by atoms with Crippen LogP contribution < -0.4 is 0 Å². The van der Waals surface area contributed by atoms with Crippen LogP contribution >= 0.6 is 15.9 Å². The SMILES string of the molecule is O=CN1CCN(CCc2nc(Br)c3ccccn23)CC1. The maximum absolute atomic E-state index is 10.7. The number of rotatable bonds is 4. The van der Waals surface area contributed by atoms with Crippen LogP contribution in [0.1, 0.15) is 5.82 Å². The highest BCUT2D eigenvalue weighted by atomic mass is 79.9. The molecule has 0 saturated carbocycles. The number of pyridine rings is 1. The van der Waals surface area contributed by atoms with E-state index in [2.05, 4.69) is 36.3 Å². The average molecular weight is 337 g/mol. The lowest BCUT2D eigenvalue weighted by atomic mass is 10.3. The molecule has 0 aromatic carbocycles. The summed E-state index contributed by atoms with van der Waals surface area (Å²) in [5.41, 5.74) is 1.10. The monoisotopic (exact) mass is 336 g/mol. The Balaban J connectivity index is 1.64. The molecule has 0 aliphatic carbocycles. The first kappa shape index (κ1) is 13.6. The standard InChI is InChI=1S/C14H17BrN4O/c15-14-12-3-1-2-5-19(12)13(16-14)4-6-17-7-9-18(11-20)10-8-17/h1-3,5,11H,4,6-10H2. The summed E-state index contributed by atoms with van der Waals surface area (Å²) >= 11 is 3.51. The van der Waals surface area contributed by atoms with Gasteiger partial charge in [0.05, 0.1) is 5.52 Å². The van der Waals surface area contributed by atoms with Crippen LogP contribution in [0.2, 0.25) is 0 Å². The van der Waals surface area contributed by atoms with Crippen molar-refractivity contribution in [1.29, 1.82) is 0 Å². The van der Waals surface area contributed by atoms with Crippen molar-refractivity contribution in [3.05, 3.63) is 34.8 Å². The van der Waals surface area contributed by atoms with Gasteiger partial charge in [0.1, 0.15) is 10.4 Å². The van der Waals surface area contributed by atoms with E-state index < -0.39 is 0 Å². The first-order valence-corrected chi connectivity index (χ1v) is 7.60. The third-order valence-corrected chi connectivity index (χ3v) is 4.37. The first-order chi connectivity index (χ1) is 9.78. The Morgan fingerprint density at radius 2 is 2.05 bits per heavy atom. The minimum atomic E-state index is 0.829. The van der Waals surface area contributed by atoms with Gasteiger partial charge in [-0.3, -0.25) is 9.69 Å². The molecule has 3 rings (SSSR count). The predicted molar refractivity (Wildman–Crippen MR) is 80.7 cm³/mol. The smallest absolute Gasteiger partial charge is 0.209 e. The van der Waals surface area contributed by atoms with Gasteiger partial charge in [-0.15, -0.1) is 0 Å². The Hall–Kier alpha value is -1.40. The average Bonchev–Trinajstić information content (AvgIpc) is 2.83. The summed E-state index contributed by atoms with van der Waals surface area (Å²) < 4.78 is 3.03. The Kier molecular flexibility index (Phi) is 4.03. The summed E-state index contributed by atoms with van der Waals surface area (Å²) in [6.07, 6.45) is 3.90. The molecule has 0 N–H and O–H groups in total. The zero-order valence-corrected chi connectivity index (χ0v) is 12.8. The molecule has 20 heavy (non-hydrogen) atoms. The van der Waals surface area contributed by atoms with Crippen molar-refractivity contribution >= 4 is 27.9 Å². The highest BCUT2D eigenvalue weighted by Gasteiger charge is 2.16. The van der Waals surface area contributed by atoms with Gasteiger partial charge < -0.3 is 9.30 Å². The van der Waals surface area contributed by atoms with E-state index in [1.165, 1.54) is 0 Å². The fourth-order valence-electron chi connectivity index (χ4n) is 2.59. The van der Waals surface area contributed by atoms with Gasteiger partial charge in [0.2, 0.25) is 6.41 Å². The van der Waals surface area contributed by atoms with E-state index in [4.69, 9.17) is 0 Å². The second-order valence-corrected chi connectivity index (χ2v) is 5.76. The summed E-state index contributed by atoms with van der Waals surface area (Å²) in [5, 5.41) is 0. The zero-order chi connectivity index (χ0) is 13.9. The quantitative estimate of drug-likeness (QED) is 0.793. The van der Waals surface area contributed by atoms with Crippen LogP contribution in [0.15, 0.2) is 29.0 Å². The number of hydrogen-bond acceptors (Lipinski definition) is 3. The Labute approximate surface area is 126 Å². The highest BCUT2D eigenvalue weighted by Crippen LogP contribution is 2.19. The van der Waals surface area contributed by atoms with Crippen molar-refractivity contribution in [3.63, 3.8) is 0 Å². The third-order valence-electron chi connectivity index (χ3n) is 3.78. The molecular weight excluding hydrogens is 320 g/mol. The van der Waals surface area contributed by atoms with Crippen LogP contribution in [-0.2, 0) is 11.2 Å². The summed E-state index contributed by atoms with van der Waals surface area (Å²) in [5.74, 6) is 1.07.